The van der Waals surface area contributed by atoms with E-state index in [1.165, 1.54) is 6.92 Å². The minimum atomic E-state index is -0.882. The number of carbonyl (C=O) groups is 2. The fraction of sp³-hybridized carbons (Fsp3) is 0.875. The maximum absolute atomic E-state index is 12.5. The Bertz CT molecular complexity index is 485. The summed E-state index contributed by atoms with van der Waals surface area (Å²) in [5.41, 5.74) is -1.12. The number of carbonyl (C=O) groups excluding carboxylic acids is 2. The molecule has 0 amide bonds. The largest absolute Gasteiger partial charge is 0.460 e. The van der Waals surface area contributed by atoms with Crippen molar-refractivity contribution in [2.75, 3.05) is 0 Å². The van der Waals surface area contributed by atoms with Gasteiger partial charge in [-0.1, -0.05) is 13.8 Å². The molecule has 21 heavy (non-hydrogen) atoms. The van der Waals surface area contributed by atoms with E-state index in [4.69, 9.17) is 14.5 Å². The number of esters is 1. The van der Waals surface area contributed by atoms with Crippen LogP contribution in [0.4, 0.5) is 0 Å². The molecule has 3 aliphatic rings. The van der Waals surface area contributed by atoms with Crippen LogP contribution in [0.5, 0.6) is 0 Å². The molecule has 1 spiro atoms. The second-order valence-corrected chi connectivity index (χ2v) is 7.53. The summed E-state index contributed by atoms with van der Waals surface area (Å²) in [5, 5.41) is 0. The van der Waals surface area contributed by atoms with Crippen LogP contribution >= 0.6 is 0 Å². The Morgan fingerprint density at radius 3 is 2.67 bits per heavy atom. The Kier molecular flexibility index (Phi) is 3.23. The standard InChI is InChI=1S/C16H24O5/c1-10(17)19-11-5-8-16-9-12(11)20-21-15(16,4)13(18)6-7-14(16,2)3/h11-12H,5-9H2,1-4H3/t11-,12-,15+,16+/m0/s1. The Balaban J connectivity index is 1.95. The third-order valence-electron chi connectivity index (χ3n) is 6.19. The number of fused-ring (bicyclic) bond motifs is 1. The maximum Gasteiger partial charge on any atom is 0.302 e. The van der Waals surface area contributed by atoms with E-state index in [2.05, 4.69) is 13.8 Å². The molecule has 2 aliphatic carbocycles. The lowest BCUT2D eigenvalue weighted by Gasteiger charge is -2.64. The molecule has 1 heterocycles. The van der Waals surface area contributed by atoms with Gasteiger partial charge in [0.25, 0.3) is 0 Å². The van der Waals surface area contributed by atoms with Crippen molar-refractivity contribution in [1.29, 1.82) is 0 Å². The highest BCUT2D eigenvalue weighted by molar-refractivity contribution is 5.89. The van der Waals surface area contributed by atoms with Crippen molar-refractivity contribution in [1.82, 2.24) is 0 Å². The molecular formula is C16H24O5. The van der Waals surface area contributed by atoms with Gasteiger partial charge >= 0.3 is 5.97 Å². The SMILES string of the molecule is CC(=O)O[C@H]1CC[C@]23C[C@@H]1OO[C@]2(C)C(=O)CCC3(C)C. The highest BCUT2D eigenvalue weighted by Gasteiger charge is 2.69. The lowest BCUT2D eigenvalue weighted by Crippen LogP contribution is -2.70. The van der Waals surface area contributed by atoms with Gasteiger partial charge in [0.1, 0.15) is 12.2 Å². The summed E-state index contributed by atoms with van der Waals surface area (Å²) >= 11 is 0. The van der Waals surface area contributed by atoms with Crippen molar-refractivity contribution in [2.45, 2.75) is 77.6 Å². The number of hydrogen-bond donors (Lipinski definition) is 0. The summed E-state index contributed by atoms with van der Waals surface area (Å²) in [6.07, 6.45) is 3.11. The fourth-order valence-corrected chi connectivity index (χ4v) is 4.74. The molecule has 1 saturated heterocycles. The zero-order valence-corrected chi connectivity index (χ0v) is 13.2. The van der Waals surface area contributed by atoms with Crippen molar-refractivity contribution >= 4 is 11.8 Å². The maximum atomic E-state index is 12.5. The van der Waals surface area contributed by atoms with Gasteiger partial charge in [-0.25, -0.2) is 9.78 Å². The molecular weight excluding hydrogens is 272 g/mol. The molecule has 0 radical (unpaired) electrons. The van der Waals surface area contributed by atoms with Gasteiger partial charge in [-0.2, -0.15) is 0 Å². The molecule has 0 aromatic heterocycles. The first-order valence-corrected chi connectivity index (χ1v) is 7.77. The summed E-state index contributed by atoms with van der Waals surface area (Å²) in [7, 11) is 0. The highest BCUT2D eigenvalue weighted by atomic mass is 17.2. The summed E-state index contributed by atoms with van der Waals surface area (Å²) in [6.45, 7) is 7.72. The molecule has 5 nitrogen and oxygen atoms in total. The van der Waals surface area contributed by atoms with Gasteiger partial charge in [0.15, 0.2) is 11.4 Å². The highest BCUT2D eigenvalue weighted by Crippen LogP contribution is 2.64. The summed E-state index contributed by atoms with van der Waals surface area (Å²) in [6, 6.07) is 0. The summed E-state index contributed by atoms with van der Waals surface area (Å²) in [4.78, 5) is 34.9. The third-order valence-corrected chi connectivity index (χ3v) is 6.19. The predicted octanol–water partition coefficient (Wildman–Crippen LogP) is 2.57. The molecule has 3 rings (SSSR count). The van der Waals surface area contributed by atoms with Crippen LogP contribution in [0.25, 0.3) is 0 Å². The Morgan fingerprint density at radius 2 is 2.00 bits per heavy atom. The molecule has 118 valence electrons. The number of hydrogen-bond acceptors (Lipinski definition) is 5. The van der Waals surface area contributed by atoms with Crippen LogP contribution in [0.3, 0.4) is 0 Å². The van der Waals surface area contributed by atoms with Gasteiger partial charge in [0.05, 0.1) is 0 Å². The average molecular weight is 296 g/mol. The Labute approximate surface area is 125 Å². The summed E-state index contributed by atoms with van der Waals surface area (Å²) < 4.78 is 5.35. The van der Waals surface area contributed by atoms with Gasteiger partial charge in [-0.05, 0) is 38.0 Å². The van der Waals surface area contributed by atoms with E-state index >= 15 is 0 Å². The van der Waals surface area contributed by atoms with Gasteiger partial charge in [-0.15, -0.1) is 0 Å². The number of Topliss-reactive ketones (excluding diaryl/α,β-unsaturated/α-hetero) is 1. The molecule has 2 bridgehead atoms. The van der Waals surface area contributed by atoms with E-state index in [0.29, 0.717) is 12.8 Å². The first kappa shape index (κ1) is 15.0. The summed E-state index contributed by atoms with van der Waals surface area (Å²) in [5.74, 6) is -0.168. The number of ketones is 1. The van der Waals surface area contributed by atoms with Crippen molar-refractivity contribution < 1.29 is 24.1 Å². The zero-order chi connectivity index (χ0) is 15.5. The first-order valence-electron chi connectivity index (χ1n) is 7.77. The minimum absolute atomic E-state index is 0.00111. The minimum Gasteiger partial charge on any atom is -0.460 e. The van der Waals surface area contributed by atoms with Gasteiger partial charge in [-0.3, -0.25) is 9.59 Å². The topological polar surface area (TPSA) is 61.8 Å². The van der Waals surface area contributed by atoms with Gasteiger partial charge in [0, 0.05) is 18.8 Å². The third kappa shape index (κ3) is 1.90. The van der Waals surface area contributed by atoms with E-state index in [9.17, 15) is 9.59 Å². The van der Waals surface area contributed by atoms with Crippen LogP contribution in [-0.2, 0) is 24.1 Å². The van der Waals surface area contributed by atoms with Crippen LogP contribution in [0.1, 0.15) is 59.8 Å². The van der Waals surface area contributed by atoms with Gasteiger partial charge < -0.3 is 4.74 Å². The average Bonchev–Trinajstić information content (AvgIpc) is 2.41. The molecule has 3 fully saturated rings. The Morgan fingerprint density at radius 1 is 1.29 bits per heavy atom. The molecule has 5 heteroatoms. The quantitative estimate of drug-likeness (QED) is 0.550. The Hall–Kier alpha value is -0.940. The molecule has 0 unspecified atom stereocenters. The molecule has 0 N–H and O–H groups in total. The van der Waals surface area contributed by atoms with Crippen molar-refractivity contribution in [3.8, 4) is 0 Å². The number of rotatable bonds is 1. The molecule has 4 atom stereocenters. The van der Waals surface area contributed by atoms with E-state index in [1.54, 1.807) is 0 Å². The monoisotopic (exact) mass is 296 g/mol. The van der Waals surface area contributed by atoms with Crippen LogP contribution in [0.15, 0.2) is 0 Å². The fourth-order valence-electron chi connectivity index (χ4n) is 4.74. The van der Waals surface area contributed by atoms with Crippen LogP contribution in [0.2, 0.25) is 0 Å². The number of ether oxygens (including phenoxy) is 1. The van der Waals surface area contributed by atoms with Crippen LogP contribution in [-0.4, -0.2) is 29.6 Å². The second-order valence-electron chi connectivity index (χ2n) is 7.53. The normalized spacial score (nSPS) is 44.9. The van der Waals surface area contributed by atoms with E-state index in [0.717, 1.165) is 19.3 Å². The molecule has 1 aliphatic heterocycles. The first-order chi connectivity index (χ1) is 9.72. The van der Waals surface area contributed by atoms with Crippen LogP contribution < -0.4 is 0 Å². The van der Waals surface area contributed by atoms with Crippen molar-refractivity contribution in [3.63, 3.8) is 0 Å². The smallest absolute Gasteiger partial charge is 0.302 e. The molecule has 2 saturated carbocycles. The van der Waals surface area contributed by atoms with Gasteiger partial charge in [0.2, 0.25) is 0 Å². The zero-order valence-electron chi connectivity index (χ0n) is 13.2. The van der Waals surface area contributed by atoms with Crippen molar-refractivity contribution in [2.24, 2.45) is 10.8 Å². The van der Waals surface area contributed by atoms with E-state index < -0.39 is 5.60 Å². The second kappa shape index (κ2) is 4.53. The van der Waals surface area contributed by atoms with Crippen molar-refractivity contribution in [3.05, 3.63) is 0 Å². The van der Waals surface area contributed by atoms with Crippen LogP contribution in [0, 0.1) is 10.8 Å². The predicted molar refractivity (Wildman–Crippen MR) is 74.2 cm³/mol. The lowest BCUT2D eigenvalue weighted by molar-refractivity contribution is -0.456. The lowest BCUT2D eigenvalue weighted by atomic mass is 9.45. The molecule has 0 aromatic rings. The van der Waals surface area contributed by atoms with E-state index in [1.807, 2.05) is 6.92 Å². The van der Waals surface area contributed by atoms with E-state index in [-0.39, 0.29) is 34.8 Å². The molecule has 0 aromatic carbocycles.